The predicted octanol–water partition coefficient (Wildman–Crippen LogP) is 1.54. The normalized spacial score (nSPS) is 14.4. The first-order valence-electron chi connectivity index (χ1n) is 7.19. The van der Waals surface area contributed by atoms with Crippen molar-refractivity contribution >= 4 is 17.8 Å². The van der Waals surface area contributed by atoms with Crippen molar-refractivity contribution in [2.75, 3.05) is 6.54 Å². The highest BCUT2D eigenvalue weighted by atomic mass is 16.4. The van der Waals surface area contributed by atoms with E-state index in [-0.39, 0.29) is 42.7 Å². The van der Waals surface area contributed by atoms with E-state index in [1.165, 1.54) is 0 Å². The van der Waals surface area contributed by atoms with Crippen LogP contribution in [0.5, 0.6) is 0 Å². The summed E-state index contributed by atoms with van der Waals surface area (Å²) in [6, 6.07) is 0. The van der Waals surface area contributed by atoms with Crippen LogP contribution in [0.3, 0.4) is 0 Å². The number of rotatable bonds is 7. The Morgan fingerprint density at radius 1 is 1.05 bits per heavy atom. The Kier molecular flexibility index (Phi) is 6.86. The molecule has 0 rings (SSSR count). The van der Waals surface area contributed by atoms with Crippen LogP contribution in [0.2, 0.25) is 0 Å². The Labute approximate surface area is 126 Å². The molecule has 0 radical (unpaired) electrons. The maximum atomic E-state index is 11.8. The van der Waals surface area contributed by atoms with Crippen LogP contribution < -0.4 is 10.6 Å². The van der Waals surface area contributed by atoms with Gasteiger partial charge in [-0.15, -0.1) is 0 Å². The second-order valence-electron chi connectivity index (χ2n) is 6.95. The summed E-state index contributed by atoms with van der Waals surface area (Å²) in [5.74, 6) is -1.65. The van der Waals surface area contributed by atoms with Crippen LogP contribution in [0.15, 0.2) is 0 Å². The third kappa shape index (κ3) is 7.11. The molecule has 0 bridgehead atoms. The molecule has 0 aromatic carbocycles. The first kappa shape index (κ1) is 19.4. The van der Waals surface area contributed by atoms with Gasteiger partial charge in [-0.1, -0.05) is 13.8 Å². The molecule has 3 N–H and O–H groups in total. The van der Waals surface area contributed by atoms with Crippen LogP contribution in [0.25, 0.3) is 0 Å². The monoisotopic (exact) mass is 300 g/mol. The Balaban J connectivity index is 4.28. The van der Waals surface area contributed by atoms with Gasteiger partial charge in [-0.3, -0.25) is 14.4 Å². The van der Waals surface area contributed by atoms with E-state index in [0.717, 1.165) is 0 Å². The minimum absolute atomic E-state index is 0.0963. The lowest BCUT2D eigenvalue weighted by molar-refractivity contribution is -0.153. The van der Waals surface area contributed by atoms with E-state index in [9.17, 15) is 19.5 Å². The van der Waals surface area contributed by atoms with Crippen molar-refractivity contribution in [2.24, 2.45) is 11.3 Å². The van der Waals surface area contributed by atoms with Crippen molar-refractivity contribution in [3.8, 4) is 0 Å². The van der Waals surface area contributed by atoms with E-state index in [1.54, 1.807) is 20.8 Å². The van der Waals surface area contributed by atoms with E-state index in [2.05, 4.69) is 10.6 Å². The van der Waals surface area contributed by atoms with E-state index >= 15 is 0 Å². The highest BCUT2D eigenvalue weighted by Crippen LogP contribution is 2.31. The summed E-state index contributed by atoms with van der Waals surface area (Å²) in [7, 11) is 0. The Bertz CT molecular complexity index is 399. The minimum Gasteiger partial charge on any atom is -0.481 e. The van der Waals surface area contributed by atoms with Gasteiger partial charge in [0, 0.05) is 24.9 Å². The standard InChI is InChI=1S/C15H28N2O4/c1-10(2)15(6,13(20)21)9-12(19)16-8-7-11(18)17-14(3,4)5/h10H,7-9H2,1-6H3,(H,16,19)(H,17,18)(H,20,21). The summed E-state index contributed by atoms with van der Waals surface area (Å²) < 4.78 is 0. The number of hydrogen-bond acceptors (Lipinski definition) is 3. The molecule has 0 heterocycles. The van der Waals surface area contributed by atoms with Crippen LogP contribution in [0.4, 0.5) is 0 Å². The lowest BCUT2D eigenvalue weighted by Crippen LogP contribution is -2.43. The highest BCUT2D eigenvalue weighted by Gasteiger charge is 2.38. The Morgan fingerprint density at radius 3 is 1.95 bits per heavy atom. The van der Waals surface area contributed by atoms with Gasteiger partial charge in [0.2, 0.25) is 11.8 Å². The molecule has 0 saturated heterocycles. The molecule has 0 aliphatic heterocycles. The topological polar surface area (TPSA) is 95.5 Å². The van der Waals surface area contributed by atoms with E-state index in [4.69, 9.17) is 0 Å². The second kappa shape index (κ2) is 7.43. The first-order chi connectivity index (χ1) is 9.38. The van der Waals surface area contributed by atoms with Crippen molar-refractivity contribution in [1.29, 1.82) is 0 Å². The fraction of sp³-hybridized carbons (Fsp3) is 0.800. The average molecular weight is 300 g/mol. The fourth-order valence-corrected chi connectivity index (χ4v) is 1.72. The van der Waals surface area contributed by atoms with Crippen molar-refractivity contribution in [3.63, 3.8) is 0 Å². The largest absolute Gasteiger partial charge is 0.481 e. The highest BCUT2D eigenvalue weighted by molar-refractivity contribution is 5.85. The number of nitrogens with one attached hydrogen (secondary N) is 2. The summed E-state index contributed by atoms with van der Waals surface area (Å²) in [5.41, 5.74) is -1.40. The lowest BCUT2D eigenvalue weighted by atomic mass is 9.76. The van der Waals surface area contributed by atoms with Gasteiger partial charge in [-0.25, -0.2) is 0 Å². The van der Waals surface area contributed by atoms with Gasteiger partial charge in [0.15, 0.2) is 0 Å². The molecule has 6 heteroatoms. The predicted molar refractivity (Wildman–Crippen MR) is 80.7 cm³/mol. The van der Waals surface area contributed by atoms with Gasteiger partial charge in [0.25, 0.3) is 0 Å². The minimum atomic E-state index is -1.10. The number of carboxylic acid groups (broad SMARTS) is 1. The maximum Gasteiger partial charge on any atom is 0.310 e. The molecule has 21 heavy (non-hydrogen) atoms. The van der Waals surface area contributed by atoms with Crippen molar-refractivity contribution in [2.45, 2.75) is 59.9 Å². The molecule has 2 amide bonds. The van der Waals surface area contributed by atoms with Gasteiger partial charge in [-0.2, -0.15) is 0 Å². The molecule has 0 spiro atoms. The van der Waals surface area contributed by atoms with Crippen molar-refractivity contribution in [1.82, 2.24) is 10.6 Å². The molecule has 1 unspecified atom stereocenters. The number of aliphatic carboxylic acids is 1. The molecule has 1 atom stereocenters. The summed E-state index contributed by atoms with van der Waals surface area (Å²) in [6.07, 6.45) is 0.0787. The van der Waals surface area contributed by atoms with Gasteiger partial charge >= 0.3 is 5.97 Å². The molecular formula is C15H28N2O4. The molecule has 122 valence electrons. The van der Waals surface area contributed by atoms with Gasteiger partial charge in [0.1, 0.15) is 0 Å². The molecule has 0 aromatic heterocycles. The third-order valence-electron chi connectivity index (χ3n) is 3.48. The maximum absolute atomic E-state index is 11.8. The number of amides is 2. The SMILES string of the molecule is CC(C)C(C)(CC(=O)NCCC(=O)NC(C)(C)C)C(=O)O. The smallest absolute Gasteiger partial charge is 0.310 e. The molecule has 0 aromatic rings. The fourth-order valence-electron chi connectivity index (χ4n) is 1.72. The van der Waals surface area contributed by atoms with Gasteiger partial charge < -0.3 is 15.7 Å². The summed E-state index contributed by atoms with van der Waals surface area (Å²) in [4.78, 5) is 34.7. The second-order valence-corrected chi connectivity index (χ2v) is 6.95. The van der Waals surface area contributed by atoms with Crippen molar-refractivity contribution < 1.29 is 19.5 Å². The zero-order chi connectivity index (χ0) is 16.8. The lowest BCUT2D eigenvalue weighted by Gasteiger charge is -2.28. The van der Waals surface area contributed by atoms with E-state index in [0.29, 0.717) is 0 Å². The van der Waals surface area contributed by atoms with Gasteiger partial charge in [0.05, 0.1) is 5.41 Å². The molecule has 0 aliphatic rings. The van der Waals surface area contributed by atoms with Crippen LogP contribution in [0.1, 0.15) is 54.4 Å². The Morgan fingerprint density at radius 2 is 1.57 bits per heavy atom. The zero-order valence-corrected chi connectivity index (χ0v) is 13.9. The summed E-state index contributed by atoms with van der Waals surface area (Å²) in [5, 5.41) is 14.6. The van der Waals surface area contributed by atoms with E-state index < -0.39 is 11.4 Å². The number of carboxylic acids is 1. The third-order valence-corrected chi connectivity index (χ3v) is 3.48. The molecule has 0 saturated carbocycles. The van der Waals surface area contributed by atoms with Crippen LogP contribution in [-0.2, 0) is 14.4 Å². The number of hydrogen-bond donors (Lipinski definition) is 3. The molecular weight excluding hydrogens is 272 g/mol. The van der Waals surface area contributed by atoms with Gasteiger partial charge in [-0.05, 0) is 33.6 Å². The van der Waals surface area contributed by atoms with Crippen LogP contribution in [-0.4, -0.2) is 35.0 Å². The zero-order valence-electron chi connectivity index (χ0n) is 13.9. The Hall–Kier alpha value is -1.59. The van der Waals surface area contributed by atoms with Crippen LogP contribution >= 0.6 is 0 Å². The molecule has 0 aliphatic carbocycles. The molecule has 0 fully saturated rings. The van der Waals surface area contributed by atoms with Crippen molar-refractivity contribution in [3.05, 3.63) is 0 Å². The average Bonchev–Trinajstić information content (AvgIpc) is 2.25. The quantitative estimate of drug-likeness (QED) is 0.664. The first-order valence-corrected chi connectivity index (χ1v) is 7.19. The number of carbonyl (C=O) groups is 3. The number of carbonyl (C=O) groups excluding carboxylic acids is 2. The van der Waals surface area contributed by atoms with Crippen LogP contribution in [0, 0.1) is 11.3 Å². The van der Waals surface area contributed by atoms with E-state index in [1.807, 2.05) is 20.8 Å². The molecule has 6 nitrogen and oxygen atoms in total. The summed E-state index contributed by atoms with van der Waals surface area (Å²) >= 11 is 0. The summed E-state index contributed by atoms with van der Waals surface area (Å²) in [6.45, 7) is 11.0.